The van der Waals surface area contributed by atoms with Gasteiger partial charge in [-0.15, -0.1) is 12.4 Å². The van der Waals surface area contributed by atoms with Crippen molar-refractivity contribution in [2.45, 2.75) is 24.3 Å². The SMILES string of the molecule is CNC1CCN(S(=O)(=O)c2ccc(C)c([N+](=O)[O-])c2)C1.Cl. The van der Waals surface area contributed by atoms with Crippen LogP contribution in [0.25, 0.3) is 0 Å². The number of nitro benzene ring substituents is 1. The number of hydrogen-bond donors (Lipinski definition) is 1. The van der Waals surface area contributed by atoms with Crippen LogP contribution in [0.15, 0.2) is 23.1 Å². The summed E-state index contributed by atoms with van der Waals surface area (Å²) < 4.78 is 26.3. The molecule has 21 heavy (non-hydrogen) atoms. The molecule has 0 saturated carbocycles. The number of halogens is 1. The summed E-state index contributed by atoms with van der Waals surface area (Å²) in [6.07, 6.45) is 0.740. The average Bonchev–Trinajstić information content (AvgIpc) is 2.88. The summed E-state index contributed by atoms with van der Waals surface area (Å²) in [6, 6.07) is 4.16. The van der Waals surface area contributed by atoms with Crippen molar-refractivity contribution in [1.82, 2.24) is 9.62 Å². The molecule has 1 saturated heterocycles. The number of likely N-dealkylation sites (N-methyl/N-ethyl adjacent to an activating group) is 1. The van der Waals surface area contributed by atoms with Gasteiger partial charge in [0.05, 0.1) is 9.82 Å². The third kappa shape index (κ3) is 3.52. The predicted octanol–water partition coefficient (Wildman–Crippen LogP) is 1.31. The van der Waals surface area contributed by atoms with Gasteiger partial charge in [0.15, 0.2) is 0 Å². The first-order valence-electron chi connectivity index (χ1n) is 6.28. The highest BCUT2D eigenvalue weighted by molar-refractivity contribution is 7.89. The molecule has 7 nitrogen and oxygen atoms in total. The molecule has 1 atom stereocenters. The van der Waals surface area contributed by atoms with Gasteiger partial charge in [0.2, 0.25) is 10.0 Å². The van der Waals surface area contributed by atoms with Gasteiger partial charge < -0.3 is 5.32 Å². The molecule has 1 N–H and O–H groups in total. The van der Waals surface area contributed by atoms with Crippen LogP contribution in [-0.4, -0.2) is 43.8 Å². The van der Waals surface area contributed by atoms with Crippen LogP contribution in [0.5, 0.6) is 0 Å². The van der Waals surface area contributed by atoms with E-state index >= 15 is 0 Å². The lowest BCUT2D eigenvalue weighted by Crippen LogP contribution is -2.33. The number of nitro groups is 1. The Morgan fingerprint density at radius 2 is 2.10 bits per heavy atom. The highest BCUT2D eigenvalue weighted by Crippen LogP contribution is 2.26. The fourth-order valence-corrected chi connectivity index (χ4v) is 3.80. The Morgan fingerprint density at radius 1 is 1.43 bits per heavy atom. The zero-order chi connectivity index (χ0) is 14.9. The standard InChI is InChI=1S/C12H17N3O4S.ClH/c1-9-3-4-11(7-12(9)15(16)17)20(18,19)14-6-5-10(8-14)13-2;/h3-4,7,10,13H,5-6,8H2,1-2H3;1H. The quantitative estimate of drug-likeness (QED) is 0.661. The van der Waals surface area contributed by atoms with Gasteiger partial charge in [-0.25, -0.2) is 8.42 Å². The number of sulfonamides is 1. The fourth-order valence-electron chi connectivity index (χ4n) is 2.28. The molecule has 1 heterocycles. The van der Waals surface area contributed by atoms with Crippen LogP contribution in [0.4, 0.5) is 5.69 Å². The minimum atomic E-state index is -3.67. The Balaban J connectivity index is 0.00000220. The second-order valence-electron chi connectivity index (χ2n) is 4.84. The minimum absolute atomic E-state index is 0. The molecule has 1 aromatic rings. The van der Waals surface area contributed by atoms with Crippen LogP contribution in [0.3, 0.4) is 0 Å². The van der Waals surface area contributed by atoms with Gasteiger partial charge >= 0.3 is 0 Å². The number of nitrogens with zero attached hydrogens (tertiary/aromatic N) is 2. The summed E-state index contributed by atoms with van der Waals surface area (Å²) in [7, 11) is -1.88. The van der Waals surface area contributed by atoms with E-state index in [0.29, 0.717) is 18.7 Å². The van der Waals surface area contributed by atoms with Crippen molar-refractivity contribution in [2.24, 2.45) is 0 Å². The molecule has 0 aromatic heterocycles. The molecule has 2 rings (SSSR count). The van der Waals surface area contributed by atoms with Gasteiger partial charge in [0.25, 0.3) is 5.69 Å². The first kappa shape index (κ1) is 17.8. The van der Waals surface area contributed by atoms with Crippen molar-refractivity contribution in [2.75, 3.05) is 20.1 Å². The van der Waals surface area contributed by atoms with E-state index in [9.17, 15) is 18.5 Å². The van der Waals surface area contributed by atoms with Crippen molar-refractivity contribution in [1.29, 1.82) is 0 Å². The maximum absolute atomic E-state index is 12.5. The Kier molecular flexibility index (Phi) is 5.68. The number of rotatable bonds is 4. The smallest absolute Gasteiger partial charge is 0.273 e. The number of hydrogen-bond acceptors (Lipinski definition) is 5. The van der Waals surface area contributed by atoms with Crippen LogP contribution in [-0.2, 0) is 10.0 Å². The highest BCUT2D eigenvalue weighted by atomic mass is 35.5. The molecule has 0 bridgehead atoms. The molecule has 1 aromatic carbocycles. The van der Waals surface area contributed by atoms with Crippen LogP contribution < -0.4 is 5.32 Å². The molecular formula is C12H18ClN3O4S. The fraction of sp³-hybridized carbons (Fsp3) is 0.500. The zero-order valence-electron chi connectivity index (χ0n) is 11.8. The van der Waals surface area contributed by atoms with Gasteiger partial charge in [-0.2, -0.15) is 4.31 Å². The average molecular weight is 336 g/mol. The van der Waals surface area contributed by atoms with E-state index in [-0.39, 0.29) is 29.0 Å². The third-order valence-electron chi connectivity index (χ3n) is 3.57. The zero-order valence-corrected chi connectivity index (χ0v) is 13.4. The van der Waals surface area contributed by atoms with E-state index in [1.54, 1.807) is 14.0 Å². The Labute approximate surface area is 129 Å². The van der Waals surface area contributed by atoms with Crippen LogP contribution >= 0.6 is 12.4 Å². The van der Waals surface area contributed by atoms with Gasteiger partial charge in [0.1, 0.15) is 0 Å². The van der Waals surface area contributed by atoms with E-state index in [2.05, 4.69) is 5.32 Å². The Hall–Kier alpha value is -1.22. The summed E-state index contributed by atoms with van der Waals surface area (Å²) in [5.74, 6) is 0. The normalized spacial score (nSPS) is 19.2. The molecule has 9 heteroatoms. The maximum atomic E-state index is 12.5. The number of nitrogens with one attached hydrogen (secondary N) is 1. The van der Waals surface area contributed by atoms with Crippen molar-refractivity contribution in [3.05, 3.63) is 33.9 Å². The third-order valence-corrected chi connectivity index (χ3v) is 5.44. The molecular weight excluding hydrogens is 318 g/mol. The number of aryl methyl sites for hydroxylation is 1. The minimum Gasteiger partial charge on any atom is -0.316 e. The van der Waals surface area contributed by atoms with Gasteiger partial charge in [-0.05, 0) is 26.5 Å². The summed E-state index contributed by atoms with van der Waals surface area (Å²) in [6.45, 7) is 2.40. The first-order valence-corrected chi connectivity index (χ1v) is 7.72. The van der Waals surface area contributed by atoms with Crippen molar-refractivity contribution < 1.29 is 13.3 Å². The van der Waals surface area contributed by atoms with Gasteiger partial charge in [-0.3, -0.25) is 10.1 Å². The largest absolute Gasteiger partial charge is 0.316 e. The lowest BCUT2D eigenvalue weighted by atomic mass is 10.2. The monoisotopic (exact) mass is 335 g/mol. The van der Waals surface area contributed by atoms with Crippen LogP contribution in [0.1, 0.15) is 12.0 Å². The van der Waals surface area contributed by atoms with E-state index in [0.717, 1.165) is 12.5 Å². The topological polar surface area (TPSA) is 92.6 Å². The molecule has 1 aliphatic rings. The second kappa shape index (κ2) is 6.69. The van der Waals surface area contributed by atoms with E-state index < -0.39 is 14.9 Å². The predicted molar refractivity (Wildman–Crippen MR) is 81.3 cm³/mol. The highest BCUT2D eigenvalue weighted by Gasteiger charge is 2.32. The van der Waals surface area contributed by atoms with Crippen molar-refractivity contribution >= 4 is 28.1 Å². The van der Waals surface area contributed by atoms with Crippen molar-refractivity contribution in [3.8, 4) is 0 Å². The van der Waals surface area contributed by atoms with E-state index in [1.165, 1.54) is 16.4 Å². The maximum Gasteiger partial charge on any atom is 0.273 e. The molecule has 1 unspecified atom stereocenters. The van der Waals surface area contributed by atoms with Gasteiger partial charge in [0, 0.05) is 30.8 Å². The molecule has 0 radical (unpaired) electrons. The summed E-state index contributed by atoms with van der Waals surface area (Å²) in [5.41, 5.74) is 0.277. The summed E-state index contributed by atoms with van der Waals surface area (Å²) in [5, 5.41) is 13.9. The Morgan fingerprint density at radius 3 is 2.62 bits per heavy atom. The summed E-state index contributed by atoms with van der Waals surface area (Å²) >= 11 is 0. The van der Waals surface area contributed by atoms with Crippen LogP contribution in [0, 0.1) is 17.0 Å². The molecule has 0 spiro atoms. The van der Waals surface area contributed by atoms with E-state index in [4.69, 9.17) is 0 Å². The van der Waals surface area contributed by atoms with Crippen LogP contribution in [0.2, 0.25) is 0 Å². The summed E-state index contributed by atoms with van der Waals surface area (Å²) in [4.78, 5) is 10.3. The molecule has 0 aliphatic carbocycles. The van der Waals surface area contributed by atoms with Gasteiger partial charge in [-0.1, -0.05) is 6.07 Å². The first-order chi connectivity index (χ1) is 9.36. The number of benzene rings is 1. The Bertz CT molecular complexity index is 635. The lowest BCUT2D eigenvalue weighted by Gasteiger charge is -2.16. The molecule has 118 valence electrons. The molecule has 0 amide bonds. The molecule has 1 fully saturated rings. The van der Waals surface area contributed by atoms with E-state index in [1.807, 2.05) is 0 Å². The lowest BCUT2D eigenvalue weighted by molar-refractivity contribution is -0.385. The second-order valence-corrected chi connectivity index (χ2v) is 6.78. The molecule has 1 aliphatic heterocycles. The van der Waals surface area contributed by atoms with Crippen molar-refractivity contribution in [3.63, 3.8) is 0 Å².